The van der Waals surface area contributed by atoms with E-state index in [0.717, 1.165) is 68.6 Å². The van der Waals surface area contributed by atoms with E-state index < -0.39 is 0 Å². The average Bonchev–Trinajstić information content (AvgIpc) is 3.82. The highest BCUT2D eigenvalue weighted by Crippen LogP contribution is 2.40. The molecule has 2 aliphatic heterocycles. The quantitative estimate of drug-likeness (QED) is 0.572. The Bertz CT molecular complexity index is 1210. The molecular formula is C24H29N9O. The van der Waals surface area contributed by atoms with Crippen LogP contribution in [0, 0.1) is 0 Å². The van der Waals surface area contributed by atoms with Crippen molar-refractivity contribution in [3.05, 3.63) is 35.9 Å². The second-order valence-corrected chi connectivity index (χ2v) is 10.0. The van der Waals surface area contributed by atoms with Crippen LogP contribution in [0.3, 0.4) is 0 Å². The summed E-state index contributed by atoms with van der Waals surface area (Å²) in [6, 6.07) is 3.78. The van der Waals surface area contributed by atoms with Gasteiger partial charge in [0.25, 0.3) is 0 Å². The molecule has 10 nitrogen and oxygen atoms in total. The summed E-state index contributed by atoms with van der Waals surface area (Å²) in [4.78, 5) is 29.1. The molecule has 1 atom stereocenters. The molecule has 2 saturated carbocycles. The second-order valence-electron chi connectivity index (χ2n) is 10.0. The normalized spacial score (nSPS) is 23.2. The fourth-order valence-corrected chi connectivity index (χ4v) is 5.30. The standard InChI is InChI=1S/C24H29N9O/c34-23(30-10-12-31(13-11-30)24-25-14-18(15-26-24)16-3-4-16)19-2-1-9-32(19)21-8-7-20-27-28-22(17-5-6-17)33(20)29-21/h7-8,14-17,19H,1-6,9-13H2/t19-/m0/s1. The molecule has 0 aromatic carbocycles. The highest BCUT2D eigenvalue weighted by molar-refractivity contribution is 5.86. The first-order chi connectivity index (χ1) is 16.7. The smallest absolute Gasteiger partial charge is 0.245 e. The SMILES string of the molecule is O=C([C@@H]1CCCN1c1ccc2nnc(C3CC3)n2n1)N1CCN(c2ncc(C3CC3)cn2)CC1. The number of carbonyl (C=O) groups is 1. The number of rotatable bonds is 5. The second kappa shape index (κ2) is 7.89. The van der Waals surface area contributed by atoms with Gasteiger partial charge in [-0.25, -0.2) is 9.97 Å². The molecule has 34 heavy (non-hydrogen) atoms. The molecule has 176 valence electrons. The van der Waals surface area contributed by atoms with Crippen molar-refractivity contribution in [3.8, 4) is 0 Å². The molecule has 4 aliphatic rings. The van der Waals surface area contributed by atoms with Gasteiger partial charge in [0.1, 0.15) is 11.9 Å². The fraction of sp³-hybridized carbons (Fsp3) is 0.583. The monoisotopic (exact) mass is 459 g/mol. The maximum absolute atomic E-state index is 13.5. The molecule has 10 heteroatoms. The number of amides is 1. The van der Waals surface area contributed by atoms with Crippen molar-refractivity contribution in [2.24, 2.45) is 0 Å². The predicted molar refractivity (Wildman–Crippen MR) is 126 cm³/mol. The fourth-order valence-electron chi connectivity index (χ4n) is 5.30. The van der Waals surface area contributed by atoms with Crippen LogP contribution in [-0.4, -0.2) is 79.4 Å². The molecule has 3 aromatic rings. The van der Waals surface area contributed by atoms with Crippen molar-refractivity contribution in [1.29, 1.82) is 0 Å². The van der Waals surface area contributed by atoms with E-state index in [4.69, 9.17) is 5.10 Å². The largest absolute Gasteiger partial charge is 0.343 e. The summed E-state index contributed by atoms with van der Waals surface area (Å²) in [5.41, 5.74) is 2.03. The summed E-state index contributed by atoms with van der Waals surface area (Å²) < 4.78 is 1.88. The third-order valence-electron chi connectivity index (χ3n) is 7.63. The third kappa shape index (κ3) is 3.56. The molecule has 0 N–H and O–H groups in total. The number of fused-ring (bicyclic) bond motifs is 1. The predicted octanol–water partition coefficient (Wildman–Crippen LogP) is 1.99. The topological polar surface area (TPSA) is 95.6 Å². The minimum atomic E-state index is -0.161. The highest BCUT2D eigenvalue weighted by Gasteiger charge is 2.37. The Morgan fingerprint density at radius 1 is 0.853 bits per heavy atom. The summed E-state index contributed by atoms with van der Waals surface area (Å²) in [6.45, 7) is 3.76. The molecule has 0 bridgehead atoms. The van der Waals surface area contributed by atoms with E-state index in [0.29, 0.717) is 24.9 Å². The van der Waals surface area contributed by atoms with Crippen molar-refractivity contribution >= 4 is 23.3 Å². The van der Waals surface area contributed by atoms with E-state index in [2.05, 4.69) is 30.0 Å². The lowest BCUT2D eigenvalue weighted by Gasteiger charge is -2.37. The first-order valence-corrected chi connectivity index (χ1v) is 12.6. The van der Waals surface area contributed by atoms with Gasteiger partial charge >= 0.3 is 0 Å². The van der Waals surface area contributed by atoms with Crippen LogP contribution in [0.1, 0.15) is 61.7 Å². The van der Waals surface area contributed by atoms with Crippen LogP contribution >= 0.6 is 0 Å². The minimum absolute atomic E-state index is 0.161. The molecule has 4 fully saturated rings. The summed E-state index contributed by atoms with van der Waals surface area (Å²) in [6.07, 6.45) is 10.6. The summed E-state index contributed by atoms with van der Waals surface area (Å²) >= 11 is 0. The van der Waals surface area contributed by atoms with Crippen molar-refractivity contribution in [1.82, 2.24) is 34.7 Å². The van der Waals surface area contributed by atoms with Gasteiger partial charge in [0.15, 0.2) is 11.5 Å². The number of carbonyl (C=O) groups excluding carboxylic acids is 1. The van der Waals surface area contributed by atoms with Crippen LogP contribution in [0.4, 0.5) is 11.8 Å². The van der Waals surface area contributed by atoms with Crippen molar-refractivity contribution in [3.63, 3.8) is 0 Å². The van der Waals surface area contributed by atoms with Crippen LogP contribution in [0.5, 0.6) is 0 Å². The first-order valence-electron chi connectivity index (χ1n) is 12.6. The van der Waals surface area contributed by atoms with Gasteiger partial charge in [-0.2, -0.15) is 4.52 Å². The molecule has 0 radical (unpaired) electrons. The summed E-state index contributed by atoms with van der Waals surface area (Å²) in [5.74, 6) is 3.90. The van der Waals surface area contributed by atoms with Crippen LogP contribution in [0.2, 0.25) is 0 Å². The molecule has 5 heterocycles. The van der Waals surface area contributed by atoms with Crippen molar-refractivity contribution < 1.29 is 4.79 Å². The number of nitrogens with zero attached hydrogens (tertiary/aromatic N) is 9. The van der Waals surface area contributed by atoms with E-state index in [9.17, 15) is 4.79 Å². The zero-order chi connectivity index (χ0) is 22.6. The third-order valence-corrected chi connectivity index (χ3v) is 7.63. The molecule has 7 rings (SSSR count). The Balaban J connectivity index is 1.03. The van der Waals surface area contributed by atoms with Gasteiger partial charge in [-0.05, 0) is 62.1 Å². The Kier molecular flexibility index (Phi) is 4.66. The Morgan fingerprint density at radius 3 is 2.35 bits per heavy atom. The number of hydrogen-bond acceptors (Lipinski definition) is 8. The first kappa shape index (κ1) is 20.1. The van der Waals surface area contributed by atoms with E-state index in [-0.39, 0.29) is 11.9 Å². The van der Waals surface area contributed by atoms with Crippen LogP contribution in [0.15, 0.2) is 24.5 Å². The van der Waals surface area contributed by atoms with Gasteiger partial charge in [-0.15, -0.1) is 15.3 Å². The molecule has 0 unspecified atom stereocenters. The van der Waals surface area contributed by atoms with E-state index in [1.54, 1.807) is 0 Å². The van der Waals surface area contributed by atoms with Crippen molar-refractivity contribution in [2.75, 3.05) is 42.5 Å². The lowest BCUT2D eigenvalue weighted by atomic mass is 10.1. The number of aromatic nitrogens is 6. The van der Waals surface area contributed by atoms with E-state index in [1.807, 2.05) is 33.9 Å². The van der Waals surface area contributed by atoms with Gasteiger partial charge in [0.05, 0.1) is 0 Å². The minimum Gasteiger partial charge on any atom is -0.343 e. The van der Waals surface area contributed by atoms with E-state index >= 15 is 0 Å². The van der Waals surface area contributed by atoms with Crippen LogP contribution in [0.25, 0.3) is 5.65 Å². The number of piperazine rings is 1. The van der Waals surface area contributed by atoms with Gasteiger partial charge in [-0.1, -0.05) is 0 Å². The zero-order valence-corrected chi connectivity index (χ0v) is 19.3. The maximum Gasteiger partial charge on any atom is 0.245 e. The Morgan fingerprint density at radius 2 is 1.62 bits per heavy atom. The van der Waals surface area contributed by atoms with Gasteiger partial charge in [0.2, 0.25) is 11.9 Å². The zero-order valence-electron chi connectivity index (χ0n) is 19.3. The molecule has 3 aromatic heterocycles. The molecule has 0 spiro atoms. The van der Waals surface area contributed by atoms with Crippen molar-refractivity contribution in [2.45, 2.75) is 56.4 Å². The molecule has 2 saturated heterocycles. The summed E-state index contributed by atoms with van der Waals surface area (Å²) in [7, 11) is 0. The van der Waals surface area contributed by atoms with Gasteiger partial charge < -0.3 is 14.7 Å². The highest BCUT2D eigenvalue weighted by atomic mass is 16.2. The molecular weight excluding hydrogens is 430 g/mol. The molecule has 2 aliphatic carbocycles. The Hall–Kier alpha value is -3.30. The van der Waals surface area contributed by atoms with Gasteiger partial charge in [-0.3, -0.25) is 4.79 Å². The molecule has 1 amide bonds. The van der Waals surface area contributed by atoms with Gasteiger partial charge in [0, 0.05) is 51.0 Å². The lowest BCUT2D eigenvalue weighted by molar-refractivity contribution is -0.132. The van der Waals surface area contributed by atoms with Crippen LogP contribution < -0.4 is 9.80 Å². The van der Waals surface area contributed by atoms with E-state index in [1.165, 1.54) is 18.4 Å². The lowest BCUT2D eigenvalue weighted by Crippen LogP contribution is -2.54. The number of anilines is 2. The average molecular weight is 460 g/mol. The summed E-state index contributed by atoms with van der Waals surface area (Å²) in [5, 5.41) is 13.5. The maximum atomic E-state index is 13.5. The number of hydrogen-bond donors (Lipinski definition) is 0. The Labute approximate surface area is 198 Å². The van der Waals surface area contributed by atoms with Crippen LogP contribution in [-0.2, 0) is 4.79 Å².